The van der Waals surface area contributed by atoms with Crippen LogP contribution in [0.15, 0.2) is 18.5 Å². The average molecular weight is 239 g/mol. The van der Waals surface area contributed by atoms with E-state index < -0.39 is 5.91 Å². The second-order valence-electron chi connectivity index (χ2n) is 2.26. The summed E-state index contributed by atoms with van der Waals surface area (Å²) < 4.78 is 0. The van der Waals surface area contributed by atoms with Crippen molar-refractivity contribution in [3.8, 4) is 11.8 Å². The molecular formula is C9H7BrN2O. The van der Waals surface area contributed by atoms with Gasteiger partial charge in [-0.2, -0.15) is 0 Å². The summed E-state index contributed by atoms with van der Waals surface area (Å²) in [5.41, 5.74) is 6.14. The molecule has 2 N–H and O–H groups in total. The molecule has 0 atom stereocenters. The van der Waals surface area contributed by atoms with Crippen molar-refractivity contribution in [2.75, 3.05) is 5.33 Å². The quantitative estimate of drug-likeness (QED) is 0.585. The Balaban J connectivity index is 2.98. The van der Waals surface area contributed by atoms with Crippen molar-refractivity contribution >= 4 is 21.8 Å². The molecule has 1 rings (SSSR count). The summed E-state index contributed by atoms with van der Waals surface area (Å²) in [7, 11) is 0. The van der Waals surface area contributed by atoms with Crippen LogP contribution in [0.25, 0.3) is 0 Å². The van der Waals surface area contributed by atoms with E-state index in [0.29, 0.717) is 16.5 Å². The van der Waals surface area contributed by atoms with E-state index in [9.17, 15) is 4.79 Å². The molecule has 3 nitrogen and oxygen atoms in total. The van der Waals surface area contributed by atoms with Crippen LogP contribution >= 0.6 is 15.9 Å². The van der Waals surface area contributed by atoms with E-state index in [1.165, 1.54) is 6.20 Å². The van der Waals surface area contributed by atoms with Crippen LogP contribution in [0.5, 0.6) is 0 Å². The number of primary amides is 1. The largest absolute Gasteiger partial charge is 0.366 e. The molecule has 66 valence electrons. The summed E-state index contributed by atoms with van der Waals surface area (Å²) in [6, 6.07) is 1.62. The number of pyridine rings is 1. The van der Waals surface area contributed by atoms with Gasteiger partial charge in [0.05, 0.1) is 10.9 Å². The fourth-order valence-electron chi connectivity index (χ4n) is 0.779. The first-order valence-electron chi connectivity index (χ1n) is 3.53. The van der Waals surface area contributed by atoms with Gasteiger partial charge in [0.2, 0.25) is 5.91 Å². The van der Waals surface area contributed by atoms with Gasteiger partial charge in [-0.1, -0.05) is 27.8 Å². The van der Waals surface area contributed by atoms with Crippen molar-refractivity contribution < 1.29 is 4.79 Å². The number of nitrogens with two attached hydrogens (primary N) is 1. The first-order chi connectivity index (χ1) is 6.24. The standard InChI is InChI=1S/C9H7BrN2O/c10-3-1-2-7-4-8(9(11)13)6-12-5-7/h4-6H,3H2,(H2,11,13). The molecule has 13 heavy (non-hydrogen) atoms. The lowest BCUT2D eigenvalue weighted by atomic mass is 10.2. The summed E-state index contributed by atoms with van der Waals surface area (Å²) in [6.07, 6.45) is 3.00. The van der Waals surface area contributed by atoms with Crippen LogP contribution in [-0.2, 0) is 0 Å². The van der Waals surface area contributed by atoms with Crippen molar-refractivity contribution in [3.63, 3.8) is 0 Å². The summed E-state index contributed by atoms with van der Waals surface area (Å²) in [4.78, 5) is 14.6. The minimum atomic E-state index is -0.491. The van der Waals surface area contributed by atoms with E-state index in [-0.39, 0.29) is 0 Å². The molecule has 1 aromatic heterocycles. The predicted octanol–water partition coefficient (Wildman–Crippen LogP) is 0.927. The molecule has 0 aromatic carbocycles. The smallest absolute Gasteiger partial charge is 0.250 e. The third-order valence-electron chi connectivity index (χ3n) is 1.32. The highest BCUT2D eigenvalue weighted by Gasteiger charge is 1.99. The summed E-state index contributed by atoms with van der Waals surface area (Å²) >= 11 is 3.17. The number of nitrogens with zero attached hydrogens (tertiary/aromatic N) is 1. The lowest BCUT2D eigenvalue weighted by Crippen LogP contribution is -2.11. The number of aromatic nitrogens is 1. The van der Waals surface area contributed by atoms with Crippen LogP contribution in [0.2, 0.25) is 0 Å². The zero-order valence-corrected chi connectivity index (χ0v) is 8.34. The molecule has 4 heteroatoms. The Hall–Kier alpha value is -1.34. The highest BCUT2D eigenvalue weighted by molar-refractivity contribution is 9.09. The van der Waals surface area contributed by atoms with Gasteiger partial charge in [0.15, 0.2) is 0 Å². The fraction of sp³-hybridized carbons (Fsp3) is 0.111. The second kappa shape index (κ2) is 4.63. The molecular weight excluding hydrogens is 232 g/mol. The van der Waals surface area contributed by atoms with Gasteiger partial charge < -0.3 is 5.73 Å². The Bertz CT molecular complexity index is 379. The van der Waals surface area contributed by atoms with Gasteiger partial charge in [-0.25, -0.2) is 0 Å². The molecule has 0 spiro atoms. The van der Waals surface area contributed by atoms with Crippen LogP contribution in [-0.4, -0.2) is 16.2 Å². The van der Waals surface area contributed by atoms with Crippen LogP contribution < -0.4 is 5.73 Å². The lowest BCUT2D eigenvalue weighted by molar-refractivity contribution is 0.1000. The maximum Gasteiger partial charge on any atom is 0.250 e. The third-order valence-corrected chi connectivity index (χ3v) is 1.60. The van der Waals surface area contributed by atoms with Gasteiger partial charge in [-0.3, -0.25) is 9.78 Å². The lowest BCUT2D eigenvalue weighted by Gasteiger charge is -1.93. The molecule has 1 heterocycles. The molecule has 1 amide bonds. The number of amides is 1. The van der Waals surface area contributed by atoms with E-state index in [2.05, 4.69) is 32.8 Å². The number of hydrogen-bond acceptors (Lipinski definition) is 2. The highest BCUT2D eigenvalue weighted by Crippen LogP contribution is 1.99. The molecule has 0 saturated carbocycles. The zero-order valence-electron chi connectivity index (χ0n) is 6.75. The highest BCUT2D eigenvalue weighted by atomic mass is 79.9. The van der Waals surface area contributed by atoms with E-state index in [4.69, 9.17) is 5.73 Å². The zero-order chi connectivity index (χ0) is 9.68. The van der Waals surface area contributed by atoms with Crippen LogP contribution in [0.1, 0.15) is 15.9 Å². The van der Waals surface area contributed by atoms with Crippen molar-refractivity contribution in [1.82, 2.24) is 4.98 Å². The normalized spacial score (nSPS) is 8.69. The topological polar surface area (TPSA) is 56.0 Å². The maximum absolute atomic E-state index is 10.8. The molecule has 0 aliphatic rings. The first kappa shape index (κ1) is 9.75. The summed E-state index contributed by atoms with van der Waals surface area (Å²) in [5, 5.41) is 0.591. The van der Waals surface area contributed by atoms with Crippen LogP contribution in [0.3, 0.4) is 0 Å². The van der Waals surface area contributed by atoms with Crippen molar-refractivity contribution in [3.05, 3.63) is 29.6 Å². The number of carbonyl (C=O) groups is 1. The van der Waals surface area contributed by atoms with Crippen molar-refractivity contribution in [2.24, 2.45) is 5.73 Å². The molecule has 0 aliphatic carbocycles. The Morgan fingerprint density at radius 2 is 2.38 bits per heavy atom. The minimum Gasteiger partial charge on any atom is -0.366 e. The number of halogens is 1. The molecule has 0 unspecified atom stereocenters. The van der Waals surface area contributed by atoms with E-state index in [1.54, 1.807) is 12.3 Å². The fourth-order valence-corrected chi connectivity index (χ4v) is 0.919. The molecule has 0 bridgehead atoms. The summed E-state index contributed by atoms with van der Waals surface area (Å²) in [6.45, 7) is 0. The van der Waals surface area contributed by atoms with E-state index >= 15 is 0 Å². The van der Waals surface area contributed by atoms with Gasteiger partial charge in [-0.15, -0.1) is 0 Å². The van der Waals surface area contributed by atoms with Gasteiger partial charge >= 0.3 is 0 Å². The van der Waals surface area contributed by atoms with Crippen molar-refractivity contribution in [1.29, 1.82) is 0 Å². The van der Waals surface area contributed by atoms with E-state index in [0.717, 1.165) is 0 Å². The van der Waals surface area contributed by atoms with E-state index in [1.807, 2.05) is 0 Å². The van der Waals surface area contributed by atoms with Gasteiger partial charge in [0, 0.05) is 18.0 Å². The van der Waals surface area contributed by atoms with Gasteiger partial charge in [0.25, 0.3) is 0 Å². The molecule has 0 saturated heterocycles. The Morgan fingerprint density at radius 3 is 3.00 bits per heavy atom. The summed E-state index contributed by atoms with van der Waals surface area (Å²) in [5.74, 6) is 5.14. The number of carbonyl (C=O) groups excluding carboxylic acids is 1. The molecule has 0 fully saturated rings. The average Bonchev–Trinajstić information content (AvgIpc) is 2.15. The van der Waals surface area contributed by atoms with Crippen LogP contribution in [0, 0.1) is 11.8 Å². The molecule has 0 radical (unpaired) electrons. The Labute approximate surface area is 84.5 Å². The van der Waals surface area contributed by atoms with Crippen LogP contribution in [0.4, 0.5) is 0 Å². The molecule has 1 aromatic rings. The van der Waals surface area contributed by atoms with Gasteiger partial charge in [0.1, 0.15) is 0 Å². The number of hydrogen-bond donors (Lipinski definition) is 1. The maximum atomic E-state index is 10.8. The van der Waals surface area contributed by atoms with Crippen molar-refractivity contribution in [2.45, 2.75) is 0 Å². The molecule has 0 aliphatic heterocycles. The number of rotatable bonds is 1. The second-order valence-corrected chi connectivity index (χ2v) is 2.82. The first-order valence-corrected chi connectivity index (χ1v) is 4.66. The predicted molar refractivity (Wildman–Crippen MR) is 53.4 cm³/mol. The Morgan fingerprint density at radius 1 is 1.62 bits per heavy atom. The monoisotopic (exact) mass is 238 g/mol. The van der Waals surface area contributed by atoms with Gasteiger partial charge in [-0.05, 0) is 6.07 Å². The third kappa shape index (κ3) is 2.88. The SMILES string of the molecule is NC(=O)c1cncc(C#CCBr)c1. The minimum absolute atomic E-state index is 0.376. The number of alkyl halides is 1. The Kier molecular flexibility index (Phi) is 3.47.